The summed E-state index contributed by atoms with van der Waals surface area (Å²) in [5, 5.41) is 15.6. The monoisotopic (exact) mass is 231 g/mol. The van der Waals surface area contributed by atoms with Gasteiger partial charge in [-0.15, -0.1) is 0 Å². The summed E-state index contributed by atoms with van der Waals surface area (Å²) in [5.41, 5.74) is 1.60. The van der Waals surface area contributed by atoms with Crippen molar-refractivity contribution in [1.29, 1.82) is 5.26 Å². The van der Waals surface area contributed by atoms with E-state index in [1.165, 1.54) is 0 Å². The molecule has 0 amide bonds. The summed E-state index contributed by atoms with van der Waals surface area (Å²) in [6.07, 6.45) is 1.000. The van der Waals surface area contributed by atoms with Gasteiger partial charge in [0.2, 0.25) is 0 Å². The van der Waals surface area contributed by atoms with Crippen molar-refractivity contribution in [2.24, 2.45) is 0 Å². The summed E-state index contributed by atoms with van der Waals surface area (Å²) < 4.78 is 5.39. The number of nitrogens with zero attached hydrogens (tertiary/aromatic N) is 1. The maximum atomic E-state index is 8.94. The third-order valence-corrected chi connectivity index (χ3v) is 2.85. The fourth-order valence-electron chi connectivity index (χ4n) is 1.92. The Kier molecular flexibility index (Phi) is 4.37. The third-order valence-electron chi connectivity index (χ3n) is 2.85. The van der Waals surface area contributed by atoms with Gasteiger partial charge in [-0.25, -0.2) is 0 Å². The van der Waals surface area contributed by atoms with Crippen LogP contribution in [0.15, 0.2) is 24.3 Å². The molecule has 4 heteroatoms. The molecule has 0 spiro atoms. The molecule has 0 saturated carbocycles. The number of morpholine rings is 1. The maximum absolute atomic E-state index is 8.94. The molecule has 1 aliphatic rings. The minimum atomic E-state index is 0.422. The molecule has 17 heavy (non-hydrogen) atoms. The lowest BCUT2D eigenvalue weighted by molar-refractivity contribution is 0.0753. The largest absolute Gasteiger partial charge is 0.384 e. The number of hydrogen-bond donors (Lipinski definition) is 2. The molecule has 1 heterocycles. The quantitative estimate of drug-likeness (QED) is 0.821. The maximum Gasteiger partial charge on any atom is 0.101 e. The van der Waals surface area contributed by atoms with Crippen LogP contribution in [0.5, 0.6) is 0 Å². The Bertz CT molecular complexity index is 394. The summed E-state index contributed by atoms with van der Waals surface area (Å²) in [4.78, 5) is 0. The Morgan fingerprint density at radius 2 is 2.35 bits per heavy atom. The molecule has 4 nitrogen and oxygen atoms in total. The molecule has 0 aliphatic carbocycles. The molecule has 1 aliphatic heterocycles. The van der Waals surface area contributed by atoms with Gasteiger partial charge in [-0.2, -0.15) is 5.26 Å². The molecular weight excluding hydrogens is 214 g/mol. The van der Waals surface area contributed by atoms with Crippen molar-refractivity contribution in [2.75, 3.05) is 31.6 Å². The Balaban J connectivity index is 1.79. The zero-order valence-electron chi connectivity index (χ0n) is 9.78. The van der Waals surface area contributed by atoms with E-state index in [0.717, 1.165) is 38.4 Å². The lowest BCUT2D eigenvalue weighted by atomic mass is 10.1. The molecule has 0 radical (unpaired) electrons. The summed E-state index contributed by atoms with van der Waals surface area (Å²) in [5.74, 6) is 0. The van der Waals surface area contributed by atoms with E-state index < -0.39 is 0 Å². The highest BCUT2D eigenvalue weighted by molar-refractivity contribution is 5.56. The minimum absolute atomic E-state index is 0.422. The molecule has 2 rings (SSSR count). The number of para-hydroxylation sites is 1. The van der Waals surface area contributed by atoms with E-state index in [1.54, 1.807) is 0 Å². The van der Waals surface area contributed by atoms with Crippen molar-refractivity contribution in [2.45, 2.75) is 12.5 Å². The van der Waals surface area contributed by atoms with Crippen LogP contribution in [-0.4, -0.2) is 32.3 Å². The second-order valence-electron chi connectivity index (χ2n) is 4.10. The highest BCUT2D eigenvalue weighted by atomic mass is 16.5. The van der Waals surface area contributed by atoms with Crippen LogP contribution in [0.4, 0.5) is 5.69 Å². The fraction of sp³-hybridized carbons (Fsp3) is 0.462. The Morgan fingerprint density at radius 1 is 1.47 bits per heavy atom. The zero-order valence-corrected chi connectivity index (χ0v) is 9.78. The van der Waals surface area contributed by atoms with E-state index in [9.17, 15) is 0 Å². The van der Waals surface area contributed by atoms with Gasteiger partial charge in [0.05, 0.1) is 24.5 Å². The first kappa shape index (κ1) is 11.9. The van der Waals surface area contributed by atoms with Gasteiger partial charge in [-0.3, -0.25) is 0 Å². The average molecular weight is 231 g/mol. The van der Waals surface area contributed by atoms with Gasteiger partial charge in [0.25, 0.3) is 0 Å². The number of anilines is 1. The van der Waals surface area contributed by atoms with E-state index in [0.29, 0.717) is 11.6 Å². The van der Waals surface area contributed by atoms with E-state index in [-0.39, 0.29) is 0 Å². The van der Waals surface area contributed by atoms with Crippen molar-refractivity contribution in [3.63, 3.8) is 0 Å². The molecular formula is C13H17N3O. The fourth-order valence-corrected chi connectivity index (χ4v) is 1.92. The standard InChI is InChI=1S/C13H17N3O/c14-9-11-3-1-2-4-13(11)16-6-5-12-10-17-8-7-15-12/h1-4,12,15-16H,5-8,10H2. The predicted molar refractivity (Wildman–Crippen MR) is 66.9 cm³/mol. The lowest BCUT2D eigenvalue weighted by Crippen LogP contribution is -2.42. The lowest BCUT2D eigenvalue weighted by Gasteiger charge is -2.24. The predicted octanol–water partition coefficient (Wildman–Crippen LogP) is 1.35. The topological polar surface area (TPSA) is 57.1 Å². The molecule has 0 bridgehead atoms. The number of benzene rings is 1. The third kappa shape index (κ3) is 3.45. The molecule has 1 unspecified atom stereocenters. The van der Waals surface area contributed by atoms with E-state index in [4.69, 9.17) is 10.00 Å². The summed E-state index contributed by atoms with van der Waals surface area (Å²) >= 11 is 0. The SMILES string of the molecule is N#Cc1ccccc1NCCC1COCCN1. The number of nitrogens with one attached hydrogen (secondary N) is 2. The molecule has 1 aromatic rings. The first-order valence-electron chi connectivity index (χ1n) is 5.94. The average Bonchev–Trinajstić information content (AvgIpc) is 2.40. The Hall–Kier alpha value is -1.57. The number of nitriles is 1. The van der Waals surface area contributed by atoms with Crippen molar-refractivity contribution >= 4 is 5.69 Å². The number of ether oxygens (including phenoxy) is 1. The van der Waals surface area contributed by atoms with Crippen LogP contribution in [-0.2, 0) is 4.74 Å². The molecule has 1 saturated heterocycles. The molecule has 2 N–H and O–H groups in total. The van der Waals surface area contributed by atoms with Gasteiger partial charge in [0.15, 0.2) is 0 Å². The Labute approximate surface area is 102 Å². The summed E-state index contributed by atoms with van der Waals surface area (Å²) in [6, 6.07) is 10.2. The van der Waals surface area contributed by atoms with E-state index in [1.807, 2.05) is 24.3 Å². The molecule has 1 fully saturated rings. The van der Waals surface area contributed by atoms with Crippen LogP contribution in [0.2, 0.25) is 0 Å². The van der Waals surface area contributed by atoms with Crippen molar-refractivity contribution in [1.82, 2.24) is 5.32 Å². The smallest absolute Gasteiger partial charge is 0.101 e. The first-order valence-corrected chi connectivity index (χ1v) is 5.94. The second kappa shape index (κ2) is 6.24. The minimum Gasteiger partial charge on any atom is -0.384 e. The second-order valence-corrected chi connectivity index (χ2v) is 4.10. The highest BCUT2D eigenvalue weighted by Crippen LogP contribution is 2.13. The van der Waals surface area contributed by atoms with E-state index >= 15 is 0 Å². The summed E-state index contributed by atoms with van der Waals surface area (Å²) in [7, 11) is 0. The van der Waals surface area contributed by atoms with Crippen LogP contribution in [0.25, 0.3) is 0 Å². The normalized spacial score (nSPS) is 19.6. The molecule has 1 aromatic carbocycles. The molecule has 90 valence electrons. The van der Waals surface area contributed by atoms with Gasteiger partial charge in [0.1, 0.15) is 6.07 Å². The molecule has 1 atom stereocenters. The highest BCUT2D eigenvalue weighted by Gasteiger charge is 2.12. The van der Waals surface area contributed by atoms with Gasteiger partial charge in [-0.05, 0) is 18.6 Å². The summed E-state index contributed by atoms with van der Waals surface area (Å²) in [6.45, 7) is 3.36. The van der Waals surface area contributed by atoms with E-state index in [2.05, 4.69) is 16.7 Å². The van der Waals surface area contributed by atoms with Gasteiger partial charge in [0, 0.05) is 19.1 Å². The van der Waals surface area contributed by atoms with Crippen molar-refractivity contribution in [3.05, 3.63) is 29.8 Å². The number of rotatable bonds is 4. The van der Waals surface area contributed by atoms with Crippen LogP contribution in [0.1, 0.15) is 12.0 Å². The van der Waals surface area contributed by atoms with Gasteiger partial charge < -0.3 is 15.4 Å². The first-order chi connectivity index (χ1) is 8.40. The zero-order chi connectivity index (χ0) is 11.9. The van der Waals surface area contributed by atoms with Crippen LogP contribution in [0, 0.1) is 11.3 Å². The van der Waals surface area contributed by atoms with Gasteiger partial charge >= 0.3 is 0 Å². The van der Waals surface area contributed by atoms with Crippen molar-refractivity contribution < 1.29 is 4.74 Å². The van der Waals surface area contributed by atoms with Crippen LogP contribution in [0.3, 0.4) is 0 Å². The van der Waals surface area contributed by atoms with Crippen molar-refractivity contribution in [3.8, 4) is 6.07 Å². The van der Waals surface area contributed by atoms with Crippen LogP contribution < -0.4 is 10.6 Å². The van der Waals surface area contributed by atoms with Crippen LogP contribution >= 0.6 is 0 Å². The molecule has 0 aromatic heterocycles. The number of hydrogen-bond acceptors (Lipinski definition) is 4. The van der Waals surface area contributed by atoms with Gasteiger partial charge in [-0.1, -0.05) is 12.1 Å². The Morgan fingerprint density at radius 3 is 3.12 bits per heavy atom.